The van der Waals surface area contributed by atoms with Crippen molar-refractivity contribution in [3.05, 3.63) is 64.0 Å². The fraction of sp³-hybridized carbons (Fsp3) is 0.250. The maximum absolute atomic E-state index is 13.0. The highest BCUT2D eigenvalue weighted by Gasteiger charge is 2.17. The van der Waals surface area contributed by atoms with Gasteiger partial charge >= 0.3 is 5.69 Å². The molecule has 6 nitrogen and oxygen atoms in total. The van der Waals surface area contributed by atoms with Crippen LogP contribution in [0.15, 0.2) is 42.5 Å². The Morgan fingerprint density at radius 1 is 1.17 bits per heavy atom. The van der Waals surface area contributed by atoms with E-state index in [0.717, 1.165) is 23.8 Å². The summed E-state index contributed by atoms with van der Waals surface area (Å²) in [5, 5.41) is 20.6. The zero-order valence-electron chi connectivity index (χ0n) is 12.4. The molecule has 0 amide bonds. The van der Waals surface area contributed by atoms with Crippen LogP contribution < -0.4 is 9.47 Å². The summed E-state index contributed by atoms with van der Waals surface area (Å²) >= 11 is 0. The summed E-state index contributed by atoms with van der Waals surface area (Å²) in [6.07, 6.45) is -0.985. The molecule has 2 aromatic rings. The van der Waals surface area contributed by atoms with E-state index >= 15 is 0 Å². The van der Waals surface area contributed by atoms with Gasteiger partial charge in [-0.3, -0.25) is 10.1 Å². The lowest BCUT2D eigenvalue weighted by Crippen LogP contribution is -2.25. The number of benzene rings is 2. The third-order valence-corrected chi connectivity index (χ3v) is 3.01. The summed E-state index contributed by atoms with van der Waals surface area (Å²) in [5.74, 6) is -0.236. The summed E-state index contributed by atoms with van der Waals surface area (Å²) in [7, 11) is 0. The van der Waals surface area contributed by atoms with Gasteiger partial charge in [0.2, 0.25) is 0 Å². The molecule has 0 saturated carbocycles. The molecule has 0 fully saturated rings. The quantitative estimate of drug-likeness (QED) is 0.626. The van der Waals surface area contributed by atoms with Gasteiger partial charge in [0.15, 0.2) is 5.75 Å². The van der Waals surface area contributed by atoms with Crippen molar-refractivity contribution in [1.29, 1.82) is 0 Å². The average Bonchev–Trinajstić information content (AvgIpc) is 2.53. The number of nitro benzene ring substituents is 1. The SMILES string of the molecule is Cc1ccc(OCC(O)COc2ccc(F)cc2[N+](=O)[O-])cc1. The van der Waals surface area contributed by atoms with E-state index in [-0.39, 0.29) is 19.0 Å². The number of aliphatic hydroxyl groups excluding tert-OH is 1. The molecule has 0 saturated heterocycles. The van der Waals surface area contributed by atoms with Crippen LogP contribution in [0.1, 0.15) is 5.56 Å². The molecule has 0 aromatic heterocycles. The number of hydrogen-bond donors (Lipinski definition) is 1. The molecule has 0 aliphatic heterocycles. The molecule has 1 N–H and O–H groups in total. The number of aryl methyl sites for hydroxylation is 1. The van der Waals surface area contributed by atoms with Crippen LogP contribution >= 0.6 is 0 Å². The van der Waals surface area contributed by atoms with Crippen LogP contribution in [-0.4, -0.2) is 29.3 Å². The highest BCUT2D eigenvalue weighted by molar-refractivity contribution is 5.46. The van der Waals surface area contributed by atoms with Gasteiger partial charge in [0.1, 0.15) is 30.9 Å². The number of halogens is 1. The molecule has 2 aromatic carbocycles. The Kier molecular flexibility index (Phi) is 5.48. The van der Waals surface area contributed by atoms with Crippen LogP contribution in [0.3, 0.4) is 0 Å². The molecule has 0 aliphatic rings. The van der Waals surface area contributed by atoms with Crippen molar-refractivity contribution in [1.82, 2.24) is 0 Å². The highest BCUT2D eigenvalue weighted by atomic mass is 19.1. The molecule has 0 radical (unpaired) electrons. The van der Waals surface area contributed by atoms with Crippen molar-refractivity contribution < 1.29 is 23.9 Å². The lowest BCUT2D eigenvalue weighted by Gasteiger charge is -2.13. The molecule has 23 heavy (non-hydrogen) atoms. The molecule has 0 bridgehead atoms. The minimum atomic E-state index is -0.985. The fourth-order valence-corrected chi connectivity index (χ4v) is 1.82. The van der Waals surface area contributed by atoms with Gasteiger partial charge < -0.3 is 14.6 Å². The van der Waals surface area contributed by atoms with Gasteiger partial charge in [0.25, 0.3) is 0 Å². The first-order valence-corrected chi connectivity index (χ1v) is 6.90. The number of hydrogen-bond acceptors (Lipinski definition) is 5. The molecule has 1 unspecified atom stereocenters. The Hall–Kier alpha value is -2.67. The second kappa shape index (κ2) is 7.55. The Morgan fingerprint density at radius 2 is 1.83 bits per heavy atom. The first-order chi connectivity index (χ1) is 11.0. The van der Waals surface area contributed by atoms with Crippen LogP contribution in [-0.2, 0) is 0 Å². The monoisotopic (exact) mass is 321 g/mol. The normalized spacial score (nSPS) is 11.8. The molecular weight excluding hydrogens is 305 g/mol. The largest absolute Gasteiger partial charge is 0.491 e. The third-order valence-electron chi connectivity index (χ3n) is 3.01. The lowest BCUT2D eigenvalue weighted by molar-refractivity contribution is -0.386. The molecule has 0 aliphatic carbocycles. The molecule has 2 rings (SSSR count). The number of nitro groups is 1. The average molecular weight is 321 g/mol. The van der Waals surface area contributed by atoms with E-state index in [1.54, 1.807) is 12.1 Å². The number of ether oxygens (including phenoxy) is 2. The van der Waals surface area contributed by atoms with E-state index in [2.05, 4.69) is 0 Å². The van der Waals surface area contributed by atoms with E-state index in [1.165, 1.54) is 0 Å². The van der Waals surface area contributed by atoms with Crippen LogP contribution in [0.2, 0.25) is 0 Å². The lowest BCUT2D eigenvalue weighted by atomic mass is 10.2. The van der Waals surface area contributed by atoms with Crippen molar-refractivity contribution in [3.63, 3.8) is 0 Å². The van der Waals surface area contributed by atoms with Crippen LogP contribution in [0.5, 0.6) is 11.5 Å². The molecule has 0 spiro atoms. The van der Waals surface area contributed by atoms with Gasteiger partial charge in [0, 0.05) is 0 Å². The molecule has 7 heteroatoms. The standard InChI is InChI=1S/C16H16FNO5/c1-11-2-5-14(6-3-11)22-9-13(19)10-23-16-7-4-12(17)8-15(16)18(20)21/h2-8,13,19H,9-10H2,1H3. The first-order valence-electron chi connectivity index (χ1n) is 6.90. The topological polar surface area (TPSA) is 81.8 Å². The van der Waals surface area contributed by atoms with Gasteiger partial charge in [-0.2, -0.15) is 0 Å². The Labute approximate surface area is 132 Å². The van der Waals surface area contributed by atoms with Crippen molar-refractivity contribution >= 4 is 5.69 Å². The van der Waals surface area contributed by atoms with Gasteiger partial charge in [-0.05, 0) is 31.2 Å². The predicted octanol–water partition coefficient (Wildman–Crippen LogP) is 2.86. The van der Waals surface area contributed by atoms with E-state index in [0.29, 0.717) is 5.75 Å². The Morgan fingerprint density at radius 3 is 2.48 bits per heavy atom. The zero-order valence-corrected chi connectivity index (χ0v) is 12.4. The van der Waals surface area contributed by atoms with E-state index in [1.807, 2.05) is 19.1 Å². The maximum atomic E-state index is 13.0. The molecular formula is C16H16FNO5. The van der Waals surface area contributed by atoms with E-state index in [9.17, 15) is 19.6 Å². The smallest absolute Gasteiger partial charge is 0.313 e. The van der Waals surface area contributed by atoms with E-state index in [4.69, 9.17) is 9.47 Å². The van der Waals surface area contributed by atoms with Crippen molar-refractivity contribution in [3.8, 4) is 11.5 Å². The highest BCUT2D eigenvalue weighted by Crippen LogP contribution is 2.27. The summed E-state index contributed by atoms with van der Waals surface area (Å²) in [6.45, 7) is 1.71. The summed E-state index contributed by atoms with van der Waals surface area (Å²) in [4.78, 5) is 10.1. The minimum Gasteiger partial charge on any atom is -0.491 e. The molecule has 1 atom stereocenters. The van der Waals surface area contributed by atoms with Gasteiger partial charge in [-0.1, -0.05) is 17.7 Å². The second-order valence-corrected chi connectivity index (χ2v) is 4.96. The van der Waals surface area contributed by atoms with Crippen molar-refractivity contribution in [2.24, 2.45) is 0 Å². The van der Waals surface area contributed by atoms with Gasteiger partial charge in [-0.15, -0.1) is 0 Å². The maximum Gasteiger partial charge on any atom is 0.313 e. The van der Waals surface area contributed by atoms with Gasteiger partial charge in [0.05, 0.1) is 11.0 Å². The zero-order chi connectivity index (χ0) is 16.8. The summed E-state index contributed by atoms with van der Waals surface area (Å²) < 4.78 is 23.6. The van der Waals surface area contributed by atoms with Crippen LogP contribution in [0, 0.1) is 22.9 Å². The first kappa shape index (κ1) is 16.7. The van der Waals surface area contributed by atoms with Crippen molar-refractivity contribution in [2.75, 3.05) is 13.2 Å². The summed E-state index contributed by atoms with van der Waals surface area (Å²) in [6, 6.07) is 10.3. The van der Waals surface area contributed by atoms with E-state index < -0.39 is 22.5 Å². The molecule has 122 valence electrons. The number of rotatable bonds is 7. The molecule has 0 heterocycles. The fourth-order valence-electron chi connectivity index (χ4n) is 1.82. The number of aliphatic hydroxyl groups is 1. The Bertz CT molecular complexity index is 675. The third kappa shape index (κ3) is 4.93. The minimum absolute atomic E-state index is 0.0297. The van der Waals surface area contributed by atoms with Crippen LogP contribution in [0.4, 0.5) is 10.1 Å². The van der Waals surface area contributed by atoms with Crippen molar-refractivity contribution in [2.45, 2.75) is 13.0 Å². The van der Waals surface area contributed by atoms with Gasteiger partial charge in [-0.25, -0.2) is 4.39 Å². The summed E-state index contributed by atoms with van der Waals surface area (Å²) in [5.41, 5.74) is 0.599. The predicted molar refractivity (Wildman–Crippen MR) is 81.2 cm³/mol. The Balaban J connectivity index is 1.88. The van der Waals surface area contributed by atoms with Crippen LogP contribution in [0.25, 0.3) is 0 Å². The number of nitrogens with zero attached hydrogens (tertiary/aromatic N) is 1. The second-order valence-electron chi connectivity index (χ2n) is 4.96.